The molecule has 2 aromatic carbocycles. The number of aromatic nitrogens is 4. The quantitative estimate of drug-likeness (QED) is 0.0931. The first kappa shape index (κ1) is 47.5. The van der Waals surface area contributed by atoms with E-state index in [4.69, 9.17) is 9.47 Å². The van der Waals surface area contributed by atoms with Gasteiger partial charge in [0.05, 0.1) is 24.3 Å². The average Bonchev–Trinajstić information content (AvgIpc) is 3.32. The van der Waals surface area contributed by atoms with Crippen LogP contribution in [0.3, 0.4) is 0 Å². The predicted octanol–water partition coefficient (Wildman–Crippen LogP) is 12.8. The van der Waals surface area contributed by atoms with Gasteiger partial charge in [0.1, 0.15) is 11.5 Å². The lowest BCUT2D eigenvalue weighted by Gasteiger charge is -2.25. The van der Waals surface area contributed by atoms with Crippen molar-refractivity contribution in [2.24, 2.45) is 23.7 Å². The summed E-state index contributed by atoms with van der Waals surface area (Å²) >= 11 is 0. The van der Waals surface area contributed by atoms with Gasteiger partial charge in [0.15, 0.2) is 0 Å². The third-order valence-electron chi connectivity index (χ3n) is 11.7. The van der Waals surface area contributed by atoms with Crippen molar-refractivity contribution >= 4 is 0 Å². The third-order valence-corrected chi connectivity index (χ3v) is 11.7. The van der Waals surface area contributed by atoms with Crippen LogP contribution < -0.4 is 9.47 Å². The van der Waals surface area contributed by atoms with E-state index < -0.39 is 0 Å². The Morgan fingerprint density at radius 2 is 0.806 bits per heavy atom. The SMILES string of the molecule is CCCCCCC1CCC(C#Cc2cnc(C#CC3CCC(CCCCCC)CC3)nc2)CC1.CCOc1ccc(C#Cc2cnc(C#Cc3ccc(OCC)cc3)nc2)cc1. The third kappa shape index (κ3) is 18.2. The highest BCUT2D eigenvalue weighted by molar-refractivity contribution is 5.44. The van der Waals surface area contributed by atoms with Crippen LogP contribution in [0.2, 0.25) is 0 Å². The molecule has 2 fully saturated rings. The highest BCUT2D eigenvalue weighted by atomic mass is 16.5. The van der Waals surface area contributed by atoms with E-state index in [0.29, 0.717) is 36.7 Å². The van der Waals surface area contributed by atoms with Gasteiger partial charge in [-0.15, -0.1) is 0 Å². The number of hydrogen-bond donors (Lipinski definition) is 0. The van der Waals surface area contributed by atoms with Crippen molar-refractivity contribution in [2.75, 3.05) is 13.2 Å². The van der Waals surface area contributed by atoms with Gasteiger partial charge in [-0.2, -0.15) is 0 Å². The van der Waals surface area contributed by atoms with Crippen molar-refractivity contribution in [3.63, 3.8) is 0 Å². The maximum Gasteiger partial charge on any atom is 0.205 e. The number of hydrogen-bond acceptors (Lipinski definition) is 6. The molecule has 2 aliphatic rings. The zero-order chi connectivity index (χ0) is 43.5. The first-order valence-electron chi connectivity index (χ1n) is 23.7. The molecule has 0 amide bonds. The van der Waals surface area contributed by atoms with E-state index in [-0.39, 0.29) is 0 Å². The van der Waals surface area contributed by atoms with Crippen LogP contribution in [0.5, 0.6) is 11.5 Å². The molecular weight excluding hydrogens is 761 g/mol. The maximum absolute atomic E-state index is 5.42. The molecule has 0 saturated heterocycles. The number of ether oxygens (including phenoxy) is 2. The molecule has 2 aromatic heterocycles. The Bertz CT molecular complexity index is 1960. The standard InChI is InChI=1S/C32H48N2.C24H20N2O2/c1-3-5-7-9-11-27-13-17-29(18-14-27)21-22-31-25-33-32(34-26-31)24-23-30-19-15-28(16-20-30)12-10-8-6-4-2;1-3-27-22-12-7-19(8-13-22)5-6-21-17-25-24(26-18-21)16-11-20-9-14-23(15-10-20)28-4-2/h25-30H,3-20H2,1-2H3;7-10,12-15,17-18H,3-4H2,1-2H3. The number of benzene rings is 2. The number of rotatable bonds is 14. The van der Waals surface area contributed by atoms with Gasteiger partial charge in [0.25, 0.3) is 0 Å². The van der Waals surface area contributed by atoms with Crippen LogP contribution >= 0.6 is 0 Å². The second kappa shape index (κ2) is 28.1. The monoisotopic (exact) mass is 829 g/mol. The molecule has 0 unspecified atom stereocenters. The Kier molecular flexibility index (Phi) is 21.5. The van der Waals surface area contributed by atoms with Crippen LogP contribution in [0.15, 0.2) is 73.3 Å². The summed E-state index contributed by atoms with van der Waals surface area (Å²) in [5, 5.41) is 0. The molecule has 0 N–H and O–H groups in total. The molecule has 6 heteroatoms. The molecule has 62 heavy (non-hydrogen) atoms. The van der Waals surface area contributed by atoms with Crippen LogP contribution in [0.4, 0.5) is 0 Å². The maximum atomic E-state index is 5.42. The van der Waals surface area contributed by atoms with Crippen molar-refractivity contribution in [2.45, 2.75) is 143 Å². The molecule has 2 aliphatic carbocycles. The molecule has 2 heterocycles. The molecule has 0 radical (unpaired) electrons. The van der Waals surface area contributed by atoms with E-state index in [1.807, 2.05) is 74.8 Å². The molecule has 324 valence electrons. The molecule has 0 aliphatic heterocycles. The van der Waals surface area contributed by atoms with Crippen molar-refractivity contribution in [3.05, 3.63) is 107 Å². The normalized spacial score (nSPS) is 17.7. The van der Waals surface area contributed by atoms with Gasteiger partial charge >= 0.3 is 0 Å². The molecule has 0 bridgehead atoms. The fraction of sp³-hybridized carbons (Fsp3) is 0.500. The summed E-state index contributed by atoms with van der Waals surface area (Å²) in [6, 6.07) is 15.3. The number of nitrogens with zero attached hydrogens (tertiary/aromatic N) is 4. The zero-order valence-corrected chi connectivity index (χ0v) is 38.0. The minimum Gasteiger partial charge on any atom is -0.494 e. The Hall–Kier alpha value is -5.56. The molecule has 2 saturated carbocycles. The smallest absolute Gasteiger partial charge is 0.205 e. The summed E-state index contributed by atoms with van der Waals surface area (Å²) < 4.78 is 10.8. The molecular formula is C56H68N4O2. The Labute approximate surface area is 374 Å². The van der Waals surface area contributed by atoms with E-state index >= 15 is 0 Å². The Balaban J connectivity index is 0.000000238. The summed E-state index contributed by atoms with van der Waals surface area (Å²) in [5.74, 6) is 31.4. The summed E-state index contributed by atoms with van der Waals surface area (Å²) in [6.07, 6.45) is 31.5. The first-order valence-corrected chi connectivity index (χ1v) is 23.7. The van der Waals surface area contributed by atoms with Gasteiger partial charge in [0, 0.05) is 47.8 Å². The van der Waals surface area contributed by atoms with Crippen LogP contribution in [0, 0.1) is 71.0 Å². The van der Waals surface area contributed by atoms with E-state index in [9.17, 15) is 0 Å². The minimum atomic E-state index is 0.459. The second-order valence-corrected chi connectivity index (χ2v) is 16.7. The predicted molar refractivity (Wildman–Crippen MR) is 253 cm³/mol. The van der Waals surface area contributed by atoms with E-state index in [2.05, 4.69) is 81.1 Å². The minimum absolute atomic E-state index is 0.459. The lowest BCUT2D eigenvalue weighted by atomic mass is 9.80. The molecule has 0 atom stereocenters. The second-order valence-electron chi connectivity index (χ2n) is 16.7. The van der Waals surface area contributed by atoms with E-state index in [1.54, 1.807) is 12.4 Å². The highest BCUT2D eigenvalue weighted by Gasteiger charge is 2.20. The van der Waals surface area contributed by atoms with Crippen molar-refractivity contribution in [1.29, 1.82) is 0 Å². The fourth-order valence-corrected chi connectivity index (χ4v) is 8.05. The molecule has 4 aromatic rings. The first-order chi connectivity index (χ1) is 30.5. The fourth-order valence-electron chi connectivity index (χ4n) is 8.05. The topological polar surface area (TPSA) is 70.0 Å². The van der Waals surface area contributed by atoms with E-state index in [0.717, 1.165) is 45.6 Å². The Morgan fingerprint density at radius 1 is 0.419 bits per heavy atom. The highest BCUT2D eigenvalue weighted by Crippen LogP contribution is 2.33. The number of unbranched alkanes of at least 4 members (excludes halogenated alkanes) is 6. The lowest BCUT2D eigenvalue weighted by molar-refractivity contribution is 0.294. The van der Waals surface area contributed by atoms with Gasteiger partial charge in [-0.1, -0.05) is 114 Å². The summed E-state index contributed by atoms with van der Waals surface area (Å²) in [5.41, 5.74) is 3.45. The zero-order valence-electron chi connectivity index (χ0n) is 38.0. The van der Waals surface area contributed by atoms with Crippen LogP contribution in [-0.4, -0.2) is 33.1 Å². The van der Waals surface area contributed by atoms with Crippen LogP contribution in [0.1, 0.15) is 177 Å². The lowest BCUT2D eigenvalue weighted by Crippen LogP contribution is -2.13. The van der Waals surface area contributed by atoms with Gasteiger partial charge in [0.2, 0.25) is 11.6 Å². The summed E-state index contributed by atoms with van der Waals surface area (Å²) in [4.78, 5) is 17.5. The van der Waals surface area contributed by atoms with Gasteiger partial charge in [-0.3, -0.25) is 0 Å². The van der Waals surface area contributed by atoms with Crippen molar-refractivity contribution < 1.29 is 9.47 Å². The summed E-state index contributed by atoms with van der Waals surface area (Å²) in [6.45, 7) is 9.79. The molecule has 6 rings (SSSR count). The van der Waals surface area contributed by atoms with Crippen molar-refractivity contribution in [3.8, 4) is 58.9 Å². The van der Waals surface area contributed by atoms with Crippen LogP contribution in [0.25, 0.3) is 0 Å². The van der Waals surface area contributed by atoms with Gasteiger partial charge < -0.3 is 9.47 Å². The molecule has 6 nitrogen and oxygen atoms in total. The molecule has 0 spiro atoms. The summed E-state index contributed by atoms with van der Waals surface area (Å²) in [7, 11) is 0. The van der Waals surface area contributed by atoms with Crippen molar-refractivity contribution in [1.82, 2.24) is 19.9 Å². The van der Waals surface area contributed by atoms with Crippen LogP contribution in [-0.2, 0) is 0 Å². The van der Waals surface area contributed by atoms with Gasteiger partial charge in [-0.25, -0.2) is 19.9 Å². The largest absolute Gasteiger partial charge is 0.494 e. The average molecular weight is 829 g/mol. The Morgan fingerprint density at radius 3 is 1.24 bits per heavy atom. The van der Waals surface area contributed by atoms with E-state index in [1.165, 1.54) is 116 Å². The van der Waals surface area contributed by atoms with Gasteiger partial charge in [-0.05, 0) is 137 Å².